The van der Waals surface area contributed by atoms with Crippen LogP contribution in [0.15, 0.2) is 42.5 Å². The third kappa shape index (κ3) is 3.50. The molecule has 4 heteroatoms. The number of anilines is 2. The van der Waals surface area contributed by atoms with E-state index >= 15 is 0 Å². The lowest BCUT2D eigenvalue weighted by molar-refractivity contribution is -0.122. The van der Waals surface area contributed by atoms with Gasteiger partial charge in [0.25, 0.3) is 0 Å². The number of hydrogen-bond donors (Lipinski definition) is 1. The summed E-state index contributed by atoms with van der Waals surface area (Å²) in [5.41, 5.74) is 5.09. The number of hydrogen-bond acceptors (Lipinski definition) is 2. The van der Waals surface area contributed by atoms with Crippen LogP contribution in [0.25, 0.3) is 0 Å². The standard InChI is InChI=1S/C22H26N2O2/c1-14(2)18-9-5-6-10-19(18)23-22(26)17-12-21(25)24(13-17)20-11-7-8-15(3)16(20)4/h5-11,14,17H,12-13H2,1-4H3,(H,23,26)/t17-/m0/s1. The Morgan fingerprint density at radius 2 is 1.85 bits per heavy atom. The van der Waals surface area contributed by atoms with E-state index < -0.39 is 0 Å². The molecule has 4 nitrogen and oxygen atoms in total. The number of aryl methyl sites for hydroxylation is 1. The van der Waals surface area contributed by atoms with Crippen molar-refractivity contribution < 1.29 is 9.59 Å². The average molecular weight is 350 g/mol. The Kier molecular flexibility index (Phi) is 5.12. The van der Waals surface area contributed by atoms with E-state index in [1.807, 2.05) is 56.3 Å². The van der Waals surface area contributed by atoms with E-state index in [2.05, 4.69) is 19.2 Å². The highest BCUT2D eigenvalue weighted by Gasteiger charge is 2.36. The van der Waals surface area contributed by atoms with E-state index in [1.54, 1.807) is 4.90 Å². The highest BCUT2D eigenvalue weighted by atomic mass is 16.2. The molecule has 1 atom stereocenters. The predicted molar refractivity (Wildman–Crippen MR) is 106 cm³/mol. The Labute approximate surface area is 155 Å². The molecule has 1 aliphatic heterocycles. The zero-order chi connectivity index (χ0) is 18.8. The van der Waals surface area contributed by atoms with Crippen molar-refractivity contribution in [2.75, 3.05) is 16.8 Å². The van der Waals surface area contributed by atoms with Crippen LogP contribution in [0, 0.1) is 19.8 Å². The van der Waals surface area contributed by atoms with Crippen molar-refractivity contribution in [1.29, 1.82) is 0 Å². The molecule has 0 aromatic heterocycles. The summed E-state index contributed by atoms with van der Waals surface area (Å²) in [6.45, 7) is 8.69. The molecule has 2 aromatic carbocycles. The molecule has 0 aliphatic carbocycles. The fourth-order valence-electron chi connectivity index (χ4n) is 3.49. The van der Waals surface area contributed by atoms with Crippen molar-refractivity contribution >= 4 is 23.2 Å². The van der Waals surface area contributed by atoms with Crippen molar-refractivity contribution in [2.45, 2.75) is 40.0 Å². The van der Waals surface area contributed by atoms with Crippen LogP contribution in [-0.4, -0.2) is 18.4 Å². The predicted octanol–water partition coefficient (Wildman–Crippen LogP) is 4.42. The minimum Gasteiger partial charge on any atom is -0.326 e. The fourth-order valence-corrected chi connectivity index (χ4v) is 3.49. The van der Waals surface area contributed by atoms with Gasteiger partial charge in [-0.25, -0.2) is 0 Å². The second kappa shape index (κ2) is 7.32. The Balaban J connectivity index is 1.77. The summed E-state index contributed by atoms with van der Waals surface area (Å²) >= 11 is 0. The van der Waals surface area contributed by atoms with Gasteiger partial charge < -0.3 is 10.2 Å². The largest absolute Gasteiger partial charge is 0.326 e. The normalized spacial score (nSPS) is 17.0. The van der Waals surface area contributed by atoms with Crippen molar-refractivity contribution in [3.63, 3.8) is 0 Å². The van der Waals surface area contributed by atoms with Crippen LogP contribution in [0.1, 0.15) is 42.9 Å². The van der Waals surface area contributed by atoms with Gasteiger partial charge in [0.1, 0.15) is 0 Å². The Morgan fingerprint density at radius 1 is 1.12 bits per heavy atom. The summed E-state index contributed by atoms with van der Waals surface area (Å²) in [5, 5.41) is 3.03. The molecule has 0 unspecified atom stereocenters. The first kappa shape index (κ1) is 18.2. The van der Waals surface area contributed by atoms with E-state index in [9.17, 15) is 9.59 Å². The van der Waals surface area contributed by atoms with Crippen LogP contribution < -0.4 is 10.2 Å². The van der Waals surface area contributed by atoms with Crippen LogP contribution in [-0.2, 0) is 9.59 Å². The Hall–Kier alpha value is -2.62. The molecule has 0 saturated carbocycles. The maximum atomic E-state index is 12.8. The summed E-state index contributed by atoms with van der Waals surface area (Å²) < 4.78 is 0. The first-order chi connectivity index (χ1) is 12.4. The maximum Gasteiger partial charge on any atom is 0.229 e. The Morgan fingerprint density at radius 3 is 2.58 bits per heavy atom. The highest BCUT2D eigenvalue weighted by molar-refractivity contribution is 6.04. The summed E-state index contributed by atoms with van der Waals surface area (Å²) in [5.74, 6) is -0.0824. The second-order valence-electron chi connectivity index (χ2n) is 7.36. The molecule has 2 amide bonds. The van der Waals surface area contributed by atoms with Gasteiger partial charge in [-0.05, 0) is 48.6 Å². The van der Waals surface area contributed by atoms with E-state index in [-0.39, 0.29) is 24.2 Å². The van der Waals surface area contributed by atoms with Crippen molar-refractivity contribution in [1.82, 2.24) is 0 Å². The van der Waals surface area contributed by atoms with Gasteiger partial charge in [0, 0.05) is 24.3 Å². The zero-order valence-electron chi connectivity index (χ0n) is 15.9. The molecule has 1 aliphatic rings. The van der Waals surface area contributed by atoms with Gasteiger partial charge in [-0.15, -0.1) is 0 Å². The van der Waals surface area contributed by atoms with Gasteiger partial charge in [0.05, 0.1) is 5.92 Å². The summed E-state index contributed by atoms with van der Waals surface area (Å²) in [6.07, 6.45) is 0.253. The first-order valence-corrected chi connectivity index (χ1v) is 9.15. The number of para-hydroxylation sites is 1. The third-order valence-electron chi connectivity index (χ3n) is 5.20. The topological polar surface area (TPSA) is 49.4 Å². The molecular weight excluding hydrogens is 324 g/mol. The van der Waals surface area contributed by atoms with Crippen molar-refractivity contribution in [3.8, 4) is 0 Å². The number of carbonyl (C=O) groups is 2. The molecule has 0 radical (unpaired) electrons. The van der Waals surface area contributed by atoms with Crippen molar-refractivity contribution in [2.24, 2.45) is 5.92 Å². The maximum absolute atomic E-state index is 12.8. The van der Waals surface area contributed by atoms with Crippen LogP contribution >= 0.6 is 0 Å². The lowest BCUT2D eigenvalue weighted by Crippen LogP contribution is -2.29. The van der Waals surface area contributed by atoms with Crippen LogP contribution in [0.4, 0.5) is 11.4 Å². The molecular formula is C22H26N2O2. The minimum atomic E-state index is -0.331. The van der Waals surface area contributed by atoms with Gasteiger partial charge in [-0.2, -0.15) is 0 Å². The molecule has 136 valence electrons. The average Bonchev–Trinajstić information content (AvgIpc) is 2.99. The molecule has 1 saturated heterocycles. The van der Waals surface area contributed by atoms with Gasteiger partial charge in [0.2, 0.25) is 11.8 Å². The lowest BCUT2D eigenvalue weighted by atomic mass is 10.0. The molecule has 0 spiro atoms. The van der Waals surface area contributed by atoms with E-state index in [0.29, 0.717) is 12.5 Å². The highest BCUT2D eigenvalue weighted by Crippen LogP contribution is 2.31. The number of rotatable bonds is 4. The van der Waals surface area contributed by atoms with Crippen molar-refractivity contribution in [3.05, 3.63) is 59.2 Å². The van der Waals surface area contributed by atoms with Crippen LogP contribution in [0.5, 0.6) is 0 Å². The summed E-state index contributed by atoms with van der Waals surface area (Å²) in [4.78, 5) is 27.1. The molecule has 0 bridgehead atoms. The van der Waals surface area contributed by atoms with E-state index in [0.717, 1.165) is 28.1 Å². The molecule has 3 rings (SSSR count). The number of amides is 2. The van der Waals surface area contributed by atoms with E-state index in [1.165, 1.54) is 0 Å². The zero-order valence-corrected chi connectivity index (χ0v) is 15.9. The smallest absolute Gasteiger partial charge is 0.229 e. The van der Waals surface area contributed by atoms with Crippen LogP contribution in [0.2, 0.25) is 0 Å². The summed E-state index contributed by atoms with van der Waals surface area (Å²) in [7, 11) is 0. The molecule has 26 heavy (non-hydrogen) atoms. The lowest BCUT2D eigenvalue weighted by Gasteiger charge is -2.20. The molecule has 1 heterocycles. The van der Waals surface area contributed by atoms with Gasteiger partial charge in [-0.3, -0.25) is 9.59 Å². The molecule has 1 N–H and O–H groups in total. The van der Waals surface area contributed by atoms with Gasteiger partial charge >= 0.3 is 0 Å². The van der Waals surface area contributed by atoms with Gasteiger partial charge in [0.15, 0.2) is 0 Å². The minimum absolute atomic E-state index is 0.0102. The van der Waals surface area contributed by atoms with Gasteiger partial charge in [-0.1, -0.05) is 44.2 Å². The number of nitrogens with zero attached hydrogens (tertiary/aromatic N) is 1. The number of nitrogens with one attached hydrogen (secondary N) is 1. The third-order valence-corrected chi connectivity index (χ3v) is 5.20. The molecule has 1 fully saturated rings. The fraction of sp³-hybridized carbons (Fsp3) is 0.364. The quantitative estimate of drug-likeness (QED) is 0.887. The Bertz CT molecular complexity index is 842. The van der Waals surface area contributed by atoms with Crippen LogP contribution in [0.3, 0.4) is 0 Å². The number of benzene rings is 2. The number of carbonyl (C=O) groups excluding carboxylic acids is 2. The summed E-state index contributed by atoms with van der Waals surface area (Å²) in [6, 6.07) is 13.8. The molecule has 2 aromatic rings. The monoisotopic (exact) mass is 350 g/mol. The van der Waals surface area contributed by atoms with E-state index in [4.69, 9.17) is 0 Å². The first-order valence-electron chi connectivity index (χ1n) is 9.15. The second-order valence-corrected chi connectivity index (χ2v) is 7.36. The SMILES string of the molecule is Cc1cccc(N2C[C@@H](C(=O)Nc3ccccc3C(C)C)CC2=O)c1C.